The largest absolute Gasteiger partial charge is 0.488 e. The van der Waals surface area contributed by atoms with E-state index in [1.54, 1.807) is 87.6 Å². The van der Waals surface area contributed by atoms with Crippen LogP contribution in [0.25, 0.3) is 10.8 Å². The predicted molar refractivity (Wildman–Crippen MR) is 260 cm³/mol. The first-order valence-electron chi connectivity index (χ1n) is 22.3. The van der Waals surface area contributed by atoms with Crippen molar-refractivity contribution in [2.75, 3.05) is 6.61 Å². The maximum atomic E-state index is 14.6. The summed E-state index contributed by atoms with van der Waals surface area (Å²) in [7, 11) is 0. The number of pyridine rings is 1. The number of aliphatic carboxylic acids is 1. The van der Waals surface area contributed by atoms with Gasteiger partial charge in [-0.05, 0) is 105 Å². The number of benzene rings is 4. The molecule has 15 nitrogen and oxygen atoms in total. The topological polar surface area (TPSA) is 214 Å². The Hall–Kier alpha value is -6.84. The van der Waals surface area contributed by atoms with Crippen LogP contribution in [0.2, 0.25) is 5.02 Å². The van der Waals surface area contributed by atoms with E-state index in [-0.39, 0.29) is 32.3 Å². The molecule has 5 amide bonds. The number of nitrogens with zero attached hydrogens (tertiary/aromatic N) is 1. The number of halogens is 1. The second-order valence-corrected chi connectivity index (χ2v) is 19.0. The zero-order valence-corrected chi connectivity index (χ0v) is 40.2. The van der Waals surface area contributed by atoms with E-state index in [0.29, 0.717) is 27.5 Å². The summed E-state index contributed by atoms with van der Waals surface area (Å²) in [4.78, 5) is 86.4. The normalized spacial score (nSPS) is 13.8. The van der Waals surface area contributed by atoms with Crippen molar-refractivity contribution in [1.29, 1.82) is 0 Å². The monoisotopic (exact) mass is 948 g/mol. The van der Waals surface area contributed by atoms with Gasteiger partial charge in [-0.25, -0.2) is 4.79 Å². The van der Waals surface area contributed by atoms with Gasteiger partial charge >= 0.3 is 5.97 Å². The van der Waals surface area contributed by atoms with Crippen LogP contribution in [0.1, 0.15) is 70.7 Å². The third-order valence-corrected chi connectivity index (χ3v) is 10.7. The van der Waals surface area contributed by atoms with Crippen molar-refractivity contribution in [3.63, 3.8) is 0 Å². The van der Waals surface area contributed by atoms with Crippen LogP contribution in [0, 0.1) is 0 Å². The lowest BCUT2D eigenvalue weighted by Gasteiger charge is -2.28. The van der Waals surface area contributed by atoms with Crippen molar-refractivity contribution < 1.29 is 43.3 Å². The van der Waals surface area contributed by atoms with Crippen LogP contribution in [-0.4, -0.2) is 93.6 Å². The average molecular weight is 950 g/mol. The highest BCUT2D eigenvalue weighted by Gasteiger charge is 2.34. The van der Waals surface area contributed by atoms with E-state index in [1.165, 1.54) is 13.1 Å². The fraction of sp³-hybridized carbons (Fsp3) is 0.365. The molecule has 0 saturated heterocycles. The first kappa shape index (κ1) is 52.1. The molecular formula is C52H61ClN6O9. The molecule has 360 valence electrons. The van der Waals surface area contributed by atoms with Gasteiger partial charge in [0.2, 0.25) is 29.5 Å². The Balaban J connectivity index is 1.40. The van der Waals surface area contributed by atoms with E-state index in [1.807, 2.05) is 63.2 Å². The molecule has 0 radical (unpaired) electrons. The molecule has 0 aliphatic carbocycles. The van der Waals surface area contributed by atoms with Gasteiger partial charge in [0, 0.05) is 50.0 Å². The average Bonchev–Trinajstić information content (AvgIpc) is 3.27. The lowest BCUT2D eigenvalue weighted by Crippen LogP contribution is -2.60. The summed E-state index contributed by atoms with van der Waals surface area (Å²) in [5, 5.41) is 26.2. The molecule has 4 aromatic carbocycles. The first-order valence-corrected chi connectivity index (χ1v) is 22.7. The maximum absolute atomic E-state index is 14.6. The molecule has 5 aromatic rings. The number of carbonyl (C=O) groups excluding carboxylic acids is 5. The second-order valence-electron chi connectivity index (χ2n) is 18.6. The van der Waals surface area contributed by atoms with Crippen molar-refractivity contribution in [3.05, 3.63) is 143 Å². The van der Waals surface area contributed by atoms with E-state index in [9.17, 15) is 33.9 Å². The molecular weight excluding hydrogens is 888 g/mol. The smallest absolute Gasteiger partial charge is 0.326 e. The van der Waals surface area contributed by atoms with Gasteiger partial charge in [-0.1, -0.05) is 84.4 Å². The van der Waals surface area contributed by atoms with Gasteiger partial charge in [0.05, 0.1) is 12.2 Å². The molecule has 6 N–H and O–H groups in total. The van der Waals surface area contributed by atoms with Crippen LogP contribution in [0.5, 0.6) is 5.75 Å². The Morgan fingerprint density at radius 1 is 0.559 bits per heavy atom. The van der Waals surface area contributed by atoms with Gasteiger partial charge < -0.3 is 41.2 Å². The highest BCUT2D eigenvalue weighted by molar-refractivity contribution is 6.30. The summed E-state index contributed by atoms with van der Waals surface area (Å²) < 4.78 is 11.8. The lowest BCUT2D eigenvalue weighted by atomic mass is 9.99. The highest BCUT2D eigenvalue weighted by atomic mass is 35.5. The number of rotatable bonds is 21. The van der Waals surface area contributed by atoms with E-state index in [4.69, 9.17) is 21.1 Å². The third-order valence-electron chi connectivity index (χ3n) is 10.4. The van der Waals surface area contributed by atoms with Crippen molar-refractivity contribution in [2.45, 2.75) is 116 Å². The number of nitrogens with one attached hydrogen (secondary N) is 5. The number of ether oxygens (including phenoxy) is 2. The Morgan fingerprint density at radius 3 is 1.59 bits per heavy atom. The SMILES string of the molecule is CC(=O)N[C@H](Cc1ccc2ccccc2c1)C(=O)N[C@H](Cc1ccc(Cl)cc1)C(=O)N[C@H](Cc1cccnc1)C(=O)N[C@@H](COC(C)(C)C)C(=O)N[C@@H](Cc1ccc(OC(C)(C)C)cc1)C(=O)O. The minimum atomic E-state index is -1.42. The summed E-state index contributed by atoms with van der Waals surface area (Å²) in [6, 6.07) is 23.9. The molecule has 5 atom stereocenters. The molecule has 0 saturated carbocycles. The van der Waals surface area contributed by atoms with Gasteiger partial charge in [0.15, 0.2) is 0 Å². The number of amides is 5. The van der Waals surface area contributed by atoms with Crippen LogP contribution < -0.4 is 31.3 Å². The van der Waals surface area contributed by atoms with Crippen LogP contribution in [-0.2, 0) is 59.2 Å². The van der Waals surface area contributed by atoms with Gasteiger partial charge in [0.1, 0.15) is 41.6 Å². The molecule has 68 heavy (non-hydrogen) atoms. The van der Waals surface area contributed by atoms with Gasteiger partial charge in [-0.2, -0.15) is 0 Å². The molecule has 0 bridgehead atoms. The van der Waals surface area contributed by atoms with E-state index < -0.39 is 76.9 Å². The number of aromatic nitrogens is 1. The molecule has 1 aromatic heterocycles. The van der Waals surface area contributed by atoms with Crippen molar-refractivity contribution >= 4 is 57.9 Å². The van der Waals surface area contributed by atoms with E-state index in [0.717, 1.165) is 16.3 Å². The van der Waals surface area contributed by atoms with Gasteiger partial charge in [0.25, 0.3) is 0 Å². The summed E-state index contributed by atoms with van der Waals surface area (Å²) in [6.45, 7) is 11.9. The molecule has 5 rings (SSSR count). The third kappa shape index (κ3) is 17.1. The summed E-state index contributed by atoms with van der Waals surface area (Å²) in [5.74, 6) is -4.19. The Bertz CT molecular complexity index is 2530. The number of carbonyl (C=O) groups is 6. The number of hydrogen-bond donors (Lipinski definition) is 6. The molecule has 0 spiro atoms. The fourth-order valence-corrected chi connectivity index (χ4v) is 7.30. The Morgan fingerprint density at radius 2 is 1.04 bits per heavy atom. The zero-order chi connectivity index (χ0) is 49.6. The fourth-order valence-electron chi connectivity index (χ4n) is 7.17. The van der Waals surface area contributed by atoms with Crippen molar-refractivity contribution in [3.8, 4) is 5.75 Å². The Labute approximate surface area is 402 Å². The summed E-state index contributed by atoms with van der Waals surface area (Å²) >= 11 is 6.18. The van der Waals surface area contributed by atoms with Crippen molar-refractivity contribution in [2.24, 2.45) is 0 Å². The van der Waals surface area contributed by atoms with Gasteiger partial charge in [-0.15, -0.1) is 0 Å². The van der Waals surface area contributed by atoms with Crippen LogP contribution in [0.3, 0.4) is 0 Å². The minimum Gasteiger partial charge on any atom is -0.488 e. The molecule has 1 heterocycles. The number of hydrogen-bond acceptors (Lipinski definition) is 9. The maximum Gasteiger partial charge on any atom is 0.326 e. The molecule has 0 aliphatic heterocycles. The standard InChI is InChI=1S/C52H61ClN6O9/c1-32(60)55-41(28-35-14-19-37-12-8-9-13-38(37)25-35)46(61)56-42(26-33-15-20-39(53)21-16-33)47(62)57-43(29-36-11-10-24-54-30-36)48(63)59-45(31-67-51(2,3)4)49(64)58-44(50(65)66)27-34-17-22-40(23-18-34)68-52(5,6)7/h8-25,30,41-45H,26-29,31H2,1-7H3,(H,55,60)(H,56,61)(H,57,62)(H,58,64)(H,59,63)(H,65,66)/t41-,42-,43-,44+,45+/m1/s1. The molecule has 0 aliphatic rings. The summed E-state index contributed by atoms with van der Waals surface area (Å²) in [5.41, 5.74) is 1.36. The molecule has 0 fully saturated rings. The van der Waals surface area contributed by atoms with E-state index in [2.05, 4.69) is 31.6 Å². The number of fused-ring (bicyclic) bond motifs is 1. The first-order chi connectivity index (χ1) is 32.1. The quantitative estimate of drug-likeness (QED) is 0.0530. The number of carboxylic acid groups (broad SMARTS) is 1. The van der Waals surface area contributed by atoms with E-state index >= 15 is 0 Å². The van der Waals surface area contributed by atoms with Crippen LogP contribution in [0.4, 0.5) is 0 Å². The minimum absolute atomic E-state index is 0.0356. The highest BCUT2D eigenvalue weighted by Crippen LogP contribution is 2.21. The van der Waals surface area contributed by atoms with Crippen LogP contribution in [0.15, 0.2) is 116 Å². The summed E-state index contributed by atoms with van der Waals surface area (Å²) in [6.07, 6.45) is 2.98. The van der Waals surface area contributed by atoms with Crippen LogP contribution >= 0.6 is 11.6 Å². The lowest BCUT2D eigenvalue weighted by molar-refractivity contribution is -0.143. The second kappa shape index (κ2) is 23.7. The predicted octanol–water partition coefficient (Wildman–Crippen LogP) is 5.68. The van der Waals surface area contributed by atoms with Gasteiger partial charge in [-0.3, -0.25) is 29.0 Å². The molecule has 16 heteroatoms. The molecule has 0 unspecified atom stereocenters. The zero-order valence-electron chi connectivity index (χ0n) is 39.4. The van der Waals surface area contributed by atoms with Crippen molar-refractivity contribution in [1.82, 2.24) is 31.6 Å². The number of carboxylic acids is 1. The Kier molecular flexibility index (Phi) is 18.2.